The number of hydrogen-bond donors (Lipinski definition) is 2. The molecule has 0 saturated carbocycles. The average molecular weight is 336 g/mol. The number of rotatable bonds is 3. The van der Waals surface area contributed by atoms with Crippen LogP contribution in [-0.4, -0.2) is 15.9 Å². The van der Waals surface area contributed by atoms with Crippen LogP contribution in [0.4, 0.5) is 24.8 Å². The molecule has 0 unspecified atom stereocenters. The van der Waals surface area contributed by atoms with Crippen LogP contribution >= 0.6 is 0 Å². The summed E-state index contributed by atoms with van der Waals surface area (Å²) in [5, 5.41) is 5.67. The van der Waals surface area contributed by atoms with E-state index >= 15 is 0 Å². The number of aromatic nitrogens is 2. The van der Waals surface area contributed by atoms with Crippen molar-refractivity contribution in [3.05, 3.63) is 47.3 Å². The molecule has 1 amide bonds. The molecule has 0 aliphatic carbocycles. The first-order chi connectivity index (χ1) is 11.3. The molecule has 0 saturated heterocycles. The van der Waals surface area contributed by atoms with Crippen LogP contribution in [0, 0.1) is 0 Å². The van der Waals surface area contributed by atoms with Gasteiger partial charge >= 0.3 is 6.18 Å². The number of fused-ring (bicyclic) bond motifs is 1. The van der Waals surface area contributed by atoms with Crippen LogP contribution in [0.2, 0.25) is 0 Å². The minimum Gasteiger partial charge on any atom is -0.348 e. The maximum Gasteiger partial charge on any atom is 0.433 e. The lowest BCUT2D eigenvalue weighted by atomic mass is 9.98. The molecule has 2 N–H and O–H groups in total. The summed E-state index contributed by atoms with van der Waals surface area (Å²) in [6, 6.07) is 6.09. The van der Waals surface area contributed by atoms with Crippen molar-refractivity contribution in [2.24, 2.45) is 0 Å². The number of benzene rings is 1. The van der Waals surface area contributed by atoms with Gasteiger partial charge in [0.2, 0.25) is 11.9 Å². The van der Waals surface area contributed by atoms with Gasteiger partial charge in [0, 0.05) is 18.3 Å². The topological polar surface area (TPSA) is 66.9 Å². The van der Waals surface area contributed by atoms with E-state index < -0.39 is 11.9 Å². The van der Waals surface area contributed by atoms with Gasteiger partial charge in [-0.05, 0) is 36.6 Å². The van der Waals surface area contributed by atoms with Crippen LogP contribution in [0.25, 0.3) is 0 Å². The summed E-state index contributed by atoms with van der Waals surface area (Å²) in [4.78, 5) is 18.7. The third kappa shape index (κ3) is 3.47. The van der Waals surface area contributed by atoms with Crippen LogP contribution in [0.5, 0.6) is 0 Å². The molecule has 1 aliphatic heterocycles. The summed E-state index contributed by atoms with van der Waals surface area (Å²) in [6.07, 6.45) is -2.36. The van der Waals surface area contributed by atoms with Crippen molar-refractivity contribution in [3.8, 4) is 0 Å². The molecular weight excluding hydrogens is 321 g/mol. The van der Waals surface area contributed by atoms with Gasteiger partial charge in [-0.1, -0.05) is 12.1 Å². The van der Waals surface area contributed by atoms with Gasteiger partial charge in [0.15, 0.2) is 0 Å². The summed E-state index contributed by atoms with van der Waals surface area (Å²) in [5.74, 6) is -0.0952. The zero-order chi connectivity index (χ0) is 17.3. The highest BCUT2D eigenvalue weighted by atomic mass is 19.4. The minimum absolute atomic E-state index is 0.0150. The van der Waals surface area contributed by atoms with Gasteiger partial charge < -0.3 is 10.6 Å². The third-order valence-corrected chi connectivity index (χ3v) is 3.82. The molecule has 2 heterocycles. The first kappa shape index (κ1) is 16.2. The normalized spacial score (nSPS) is 15.4. The van der Waals surface area contributed by atoms with Crippen LogP contribution in [0.3, 0.4) is 0 Å². The van der Waals surface area contributed by atoms with E-state index in [1.165, 1.54) is 0 Å². The fraction of sp³-hybridized carbons (Fsp3) is 0.312. The number of hydrogen-bond acceptors (Lipinski definition) is 4. The van der Waals surface area contributed by atoms with E-state index in [9.17, 15) is 18.0 Å². The summed E-state index contributed by atoms with van der Waals surface area (Å²) >= 11 is 0. The first-order valence-electron chi connectivity index (χ1n) is 7.42. The van der Waals surface area contributed by atoms with E-state index in [-0.39, 0.29) is 17.9 Å². The fourth-order valence-corrected chi connectivity index (χ4v) is 2.54. The second-order valence-corrected chi connectivity index (χ2v) is 5.59. The van der Waals surface area contributed by atoms with Crippen molar-refractivity contribution in [2.75, 3.05) is 10.6 Å². The molecule has 2 aromatic rings. The highest BCUT2D eigenvalue weighted by molar-refractivity contribution is 5.93. The van der Waals surface area contributed by atoms with Gasteiger partial charge in [0.1, 0.15) is 5.69 Å². The molecule has 24 heavy (non-hydrogen) atoms. The molecule has 5 nitrogen and oxygen atoms in total. The molecule has 126 valence electrons. The standard InChI is InChI=1S/C16H15F3N4O/c1-9(21-15-20-7-6-13(23-15)16(17,18)19)10-2-4-12-11(8-10)3-5-14(24)22-12/h2,4,6-9H,3,5H2,1H3,(H,22,24)(H,20,21,23)/t9-/m1/s1. The van der Waals surface area contributed by atoms with Crippen LogP contribution in [0.1, 0.15) is 36.2 Å². The Labute approximate surface area is 136 Å². The Morgan fingerprint density at radius 3 is 2.79 bits per heavy atom. The Morgan fingerprint density at radius 1 is 1.25 bits per heavy atom. The lowest BCUT2D eigenvalue weighted by Gasteiger charge is -2.20. The number of carbonyl (C=O) groups excluding carboxylic acids is 1. The molecule has 1 aliphatic rings. The summed E-state index contributed by atoms with van der Waals surface area (Å²) in [7, 11) is 0. The highest BCUT2D eigenvalue weighted by Gasteiger charge is 2.32. The lowest BCUT2D eigenvalue weighted by molar-refractivity contribution is -0.141. The SMILES string of the molecule is C[C@@H](Nc1nccc(C(F)(F)F)n1)c1ccc2c(c1)CCC(=O)N2. The number of alkyl halides is 3. The molecular formula is C16H15F3N4O. The van der Waals surface area contributed by atoms with Crippen LogP contribution < -0.4 is 10.6 Å². The molecule has 3 rings (SSSR count). The molecule has 8 heteroatoms. The third-order valence-electron chi connectivity index (χ3n) is 3.82. The van der Waals surface area contributed by atoms with E-state index in [1.54, 1.807) is 6.07 Å². The zero-order valence-corrected chi connectivity index (χ0v) is 12.8. The van der Waals surface area contributed by atoms with Crippen LogP contribution in [0.15, 0.2) is 30.5 Å². The Morgan fingerprint density at radius 2 is 2.04 bits per heavy atom. The first-order valence-corrected chi connectivity index (χ1v) is 7.42. The number of halogens is 3. The van der Waals surface area contributed by atoms with Crippen molar-refractivity contribution in [1.29, 1.82) is 0 Å². The van der Waals surface area contributed by atoms with Crippen LogP contribution in [-0.2, 0) is 17.4 Å². The second-order valence-electron chi connectivity index (χ2n) is 5.59. The Balaban J connectivity index is 1.78. The quantitative estimate of drug-likeness (QED) is 0.899. The molecule has 0 bridgehead atoms. The summed E-state index contributed by atoms with van der Waals surface area (Å²) < 4.78 is 38.1. The number of amides is 1. The van der Waals surface area contributed by atoms with E-state index in [0.29, 0.717) is 12.8 Å². The van der Waals surface area contributed by atoms with E-state index in [2.05, 4.69) is 20.6 Å². The van der Waals surface area contributed by atoms with Gasteiger partial charge in [-0.15, -0.1) is 0 Å². The van der Waals surface area contributed by atoms with Gasteiger partial charge in [-0.25, -0.2) is 9.97 Å². The number of carbonyl (C=O) groups is 1. The number of anilines is 2. The smallest absolute Gasteiger partial charge is 0.348 e. The van der Waals surface area contributed by atoms with E-state index in [0.717, 1.165) is 29.1 Å². The van der Waals surface area contributed by atoms with E-state index in [4.69, 9.17) is 0 Å². The van der Waals surface area contributed by atoms with Gasteiger partial charge in [0.05, 0.1) is 6.04 Å². The minimum atomic E-state index is -4.51. The summed E-state index contributed by atoms with van der Waals surface area (Å²) in [5.41, 5.74) is 1.68. The average Bonchev–Trinajstić information content (AvgIpc) is 2.53. The maximum atomic E-state index is 12.7. The molecule has 0 fully saturated rings. The van der Waals surface area contributed by atoms with Gasteiger partial charge in [-0.2, -0.15) is 13.2 Å². The monoisotopic (exact) mass is 336 g/mol. The zero-order valence-electron chi connectivity index (χ0n) is 12.8. The molecule has 0 spiro atoms. The van der Waals surface area contributed by atoms with Crippen molar-refractivity contribution in [3.63, 3.8) is 0 Å². The Hall–Kier alpha value is -2.64. The van der Waals surface area contributed by atoms with Crippen molar-refractivity contribution in [1.82, 2.24) is 9.97 Å². The predicted octanol–water partition coefficient (Wildman–Crippen LogP) is 3.55. The second kappa shape index (κ2) is 6.10. The number of nitrogens with one attached hydrogen (secondary N) is 2. The number of nitrogens with zero attached hydrogens (tertiary/aromatic N) is 2. The Bertz CT molecular complexity index is 776. The largest absolute Gasteiger partial charge is 0.433 e. The molecule has 1 aromatic heterocycles. The maximum absolute atomic E-state index is 12.7. The van der Waals surface area contributed by atoms with Crippen molar-refractivity contribution in [2.45, 2.75) is 32.0 Å². The fourth-order valence-electron chi connectivity index (χ4n) is 2.54. The lowest BCUT2D eigenvalue weighted by Crippen LogP contribution is -2.19. The van der Waals surface area contributed by atoms with Crippen molar-refractivity contribution < 1.29 is 18.0 Å². The molecule has 0 radical (unpaired) electrons. The Kier molecular flexibility index (Phi) is 4.13. The summed E-state index contributed by atoms with van der Waals surface area (Å²) in [6.45, 7) is 1.81. The van der Waals surface area contributed by atoms with E-state index in [1.807, 2.05) is 19.1 Å². The highest BCUT2D eigenvalue weighted by Crippen LogP contribution is 2.29. The van der Waals surface area contributed by atoms with Gasteiger partial charge in [-0.3, -0.25) is 4.79 Å². The predicted molar refractivity (Wildman–Crippen MR) is 82.5 cm³/mol. The number of aryl methyl sites for hydroxylation is 1. The molecule has 1 atom stereocenters. The van der Waals surface area contributed by atoms with Crippen molar-refractivity contribution >= 4 is 17.5 Å². The molecule has 1 aromatic carbocycles. The van der Waals surface area contributed by atoms with Gasteiger partial charge in [0.25, 0.3) is 0 Å².